The second kappa shape index (κ2) is 21.9. The third-order valence-corrected chi connectivity index (χ3v) is 14.8. The van der Waals surface area contributed by atoms with E-state index in [0.717, 1.165) is 53.2 Å². The number of methoxy groups -OCH3 is 2. The van der Waals surface area contributed by atoms with Crippen LogP contribution in [0.25, 0.3) is 0 Å². The van der Waals surface area contributed by atoms with E-state index in [0.29, 0.717) is 33.0 Å². The van der Waals surface area contributed by atoms with Crippen molar-refractivity contribution in [2.24, 2.45) is 5.92 Å². The second-order valence-corrected chi connectivity index (χ2v) is 19.8. The molecular weight excluding hydrogens is 819 g/mol. The molecule has 1 saturated heterocycles. The van der Waals surface area contributed by atoms with Crippen LogP contribution in [0, 0.1) is 12.8 Å². The maximum Gasteiger partial charge on any atom is 0.243 e. The van der Waals surface area contributed by atoms with E-state index in [2.05, 4.69) is 17.9 Å². The molecule has 0 spiro atoms. The van der Waals surface area contributed by atoms with E-state index in [1.165, 1.54) is 15.7 Å². The van der Waals surface area contributed by atoms with Crippen LogP contribution < -0.4 is 9.64 Å². The Bertz CT molecular complexity index is 2190. The van der Waals surface area contributed by atoms with Crippen LogP contribution in [0.15, 0.2) is 107 Å². The summed E-state index contributed by atoms with van der Waals surface area (Å²) in [6.45, 7) is 8.78. The lowest BCUT2D eigenvalue weighted by molar-refractivity contribution is -0.0792. The first-order valence-corrected chi connectivity index (χ1v) is 23.7. The van der Waals surface area contributed by atoms with Gasteiger partial charge in [-0.15, -0.1) is 0 Å². The van der Waals surface area contributed by atoms with Gasteiger partial charge < -0.3 is 33.3 Å². The third-order valence-electron chi connectivity index (χ3n) is 11.1. The molecule has 0 saturated carbocycles. The number of hydrogen-bond donors (Lipinski definition) is 0. The number of benzene rings is 4. The molecule has 332 valence electrons. The third kappa shape index (κ3) is 12.2. The van der Waals surface area contributed by atoms with Gasteiger partial charge in [-0.1, -0.05) is 73.2 Å². The number of ether oxygens (including phenoxy) is 6. The van der Waals surface area contributed by atoms with E-state index in [1.807, 2.05) is 43.3 Å². The number of nitrogens with zero attached hydrogens (tertiary/aromatic N) is 3. The molecule has 6 rings (SSSR count). The number of hydrogen-bond acceptors (Lipinski definition) is 11. The van der Waals surface area contributed by atoms with Crippen LogP contribution in [0.5, 0.6) is 5.75 Å². The number of likely N-dealkylation sites (N-methyl/N-ethyl adjacent to an activating group) is 1. The minimum atomic E-state index is -3.98. The molecule has 15 heteroatoms. The number of piperidine rings is 1. The Morgan fingerprint density at radius 1 is 0.787 bits per heavy atom. The first-order chi connectivity index (χ1) is 29.4. The molecule has 0 N–H and O–H groups in total. The summed E-state index contributed by atoms with van der Waals surface area (Å²) in [5.41, 5.74) is 4.74. The fourth-order valence-electron chi connectivity index (χ4n) is 7.76. The largest absolute Gasteiger partial charge is 0.490 e. The molecule has 4 aromatic rings. The number of fused-ring (bicyclic) bond motifs is 1. The van der Waals surface area contributed by atoms with Gasteiger partial charge >= 0.3 is 0 Å². The average molecular weight is 880 g/mol. The summed E-state index contributed by atoms with van der Waals surface area (Å²) < 4.78 is 94.3. The molecule has 0 radical (unpaired) electrons. The first kappa shape index (κ1) is 46.6. The summed E-state index contributed by atoms with van der Waals surface area (Å²) in [6, 6.07) is 29.2. The maximum absolute atomic E-state index is 14.4. The Balaban J connectivity index is 1.30. The smallest absolute Gasteiger partial charge is 0.243 e. The van der Waals surface area contributed by atoms with Crippen LogP contribution in [-0.2, 0) is 56.9 Å². The lowest BCUT2D eigenvalue weighted by atomic mass is 9.85. The number of anilines is 1. The molecule has 0 aromatic heterocycles. The Hall–Kier alpha value is -3.90. The fourth-order valence-corrected chi connectivity index (χ4v) is 10.4. The number of aryl methyl sites for hydroxylation is 1. The van der Waals surface area contributed by atoms with E-state index < -0.39 is 38.2 Å². The van der Waals surface area contributed by atoms with Gasteiger partial charge in [0, 0.05) is 65.9 Å². The summed E-state index contributed by atoms with van der Waals surface area (Å²) in [4.78, 5) is 2.65. The first-order valence-electron chi connectivity index (χ1n) is 20.9. The van der Waals surface area contributed by atoms with E-state index >= 15 is 0 Å². The highest BCUT2D eigenvalue weighted by Gasteiger charge is 2.44. The van der Waals surface area contributed by atoms with Gasteiger partial charge in [0.1, 0.15) is 12.4 Å². The second-order valence-electron chi connectivity index (χ2n) is 15.9. The minimum Gasteiger partial charge on any atom is -0.490 e. The summed E-state index contributed by atoms with van der Waals surface area (Å²) in [6.07, 6.45) is -0.470. The zero-order valence-electron chi connectivity index (χ0n) is 36.0. The van der Waals surface area contributed by atoms with Gasteiger partial charge in [0.15, 0.2) is 0 Å². The highest BCUT2D eigenvalue weighted by molar-refractivity contribution is 7.89. The Kier molecular flexibility index (Phi) is 16.8. The van der Waals surface area contributed by atoms with Gasteiger partial charge in [0.25, 0.3) is 0 Å². The number of sulfonamides is 2. The molecule has 0 unspecified atom stereocenters. The highest BCUT2D eigenvalue weighted by Crippen LogP contribution is 2.37. The van der Waals surface area contributed by atoms with Crippen LogP contribution >= 0.6 is 0 Å². The van der Waals surface area contributed by atoms with Crippen LogP contribution in [0.1, 0.15) is 41.5 Å². The molecule has 0 bridgehead atoms. The van der Waals surface area contributed by atoms with Crippen LogP contribution in [0.4, 0.5) is 5.69 Å². The highest BCUT2D eigenvalue weighted by atomic mass is 32.2. The van der Waals surface area contributed by atoms with Gasteiger partial charge in [-0.2, -0.15) is 8.61 Å². The van der Waals surface area contributed by atoms with Crippen molar-refractivity contribution in [3.05, 3.63) is 119 Å². The predicted molar refractivity (Wildman–Crippen MR) is 235 cm³/mol. The van der Waals surface area contributed by atoms with E-state index in [1.54, 1.807) is 68.8 Å². The van der Waals surface area contributed by atoms with Crippen LogP contribution in [-0.4, -0.2) is 125 Å². The topological polar surface area (TPSA) is 133 Å². The Morgan fingerprint density at radius 2 is 1.49 bits per heavy atom. The van der Waals surface area contributed by atoms with Crippen molar-refractivity contribution >= 4 is 25.7 Å². The van der Waals surface area contributed by atoms with E-state index in [-0.39, 0.29) is 48.6 Å². The van der Waals surface area contributed by atoms with Gasteiger partial charge in [-0.25, -0.2) is 16.8 Å². The molecule has 4 atom stereocenters. The molecule has 2 heterocycles. The van der Waals surface area contributed by atoms with Crippen molar-refractivity contribution in [2.75, 3.05) is 91.9 Å². The van der Waals surface area contributed by atoms with Crippen molar-refractivity contribution in [2.45, 2.75) is 61.4 Å². The predicted octanol–water partition coefficient (Wildman–Crippen LogP) is 6.11. The lowest BCUT2D eigenvalue weighted by Crippen LogP contribution is -2.54. The standard InChI is InChI=1S/C46H61N3O10S2/c1-35-12-19-41(20-13-35)61(52,53)49-29-44(58-26-23-47(3)60(50,51)40-10-7-6-8-11-40)46(39-17-14-37(15-18-39)33-56-32-36(2)31-55-5)45(30-49)59-34-38-16-21-43-42(28-38)48(24-27-57-43)22-9-25-54-4/h6-8,10-21,28,36,44-46H,9,22-27,29-34H2,1-5H3/t36-,44+,45-,46-/m0/s1. The van der Waals surface area contributed by atoms with Crippen molar-refractivity contribution in [1.82, 2.24) is 8.61 Å². The van der Waals surface area contributed by atoms with Crippen LogP contribution in [0.2, 0.25) is 0 Å². The monoisotopic (exact) mass is 879 g/mol. The van der Waals surface area contributed by atoms with Crippen molar-refractivity contribution in [3.8, 4) is 5.75 Å². The molecule has 61 heavy (non-hydrogen) atoms. The van der Waals surface area contributed by atoms with Gasteiger partial charge in [-0.3, -0.25) is 0 Å². The molecule has 2 aliphatic heterocycles. The molecule has 1 fully saturated rings. The molecule has 2 aliphatic rings. The Labute approximate surface area is 362 Å². The normalized spacial score (nSPS) is 19.1. The summed E-state index contributed by atoms with van der Waals surface area (Å²) >= 11 is 0. The molecule has 0 aliphatic carbocycles. The zero-order valence-corrected chi connectivity index (χ0v) is 37.6. The SMILES string of the molecule is COCCCN1CCOc2ccc(CO[C@H]3CN(S(=O)(=O)c4ccc(C)cc4)C[C@@H](OCCN(C)S(=O)(=O)c4ccccc4)[C@@H]3c3ccc(COC[C@@H](C)COC)cc3)cc21. The van der Waals surface area contributed by atoms with Gasteiger partial charge in [0.05, 0.1) is 67.3 Å². The number of rotatable bonds is 22. The zero-order chi connectivity index (χ0) is 43.4. The van der Waals surface area contributed by atoms with E-state index in [9.17, 15) is 16.8 Å². The fraction of sp³-hybridized carbons (Fsp3) is 0.478. The van der Waals surface area contributed by atoms with Gasteiger partial charge in [-0.05, 0) is 66.4 Å². The summed E-state index contributed by atoms with van der Waals surface area (Å²) in [5.74, 6) is 0.650. The van der Waals surface area contributed by atoms with Crippen molar-refractivity contribution < 1.29 is 45.3 Å². The summed E-state index contributed by atoms with van der Waals surface area (Å²) in [7, 11) is -2.87. The van der Waals surface area contributed by atoms with Crippen molar-refractivity contribution in [3.63, 3.8) is 0 Å². The van der Waals surface area contributed by atoms with Crippen LogP contribution in [0.3, 0.4) is 0 Å². The van der Waals surface area contributed by atoms with Gasteiger partial charge in [0.2, 0.25) is 20.0 Å². The molecule has 4 aromatic carbocycles. The lowest BCUT2D eigenvalue weighted by Gasteiger charge is -2.43. The molecule has 0 amide bonds. The van der Waals surface area contributed by atoms with E-state index in [4.69, 9.17) is 28.4 Å². The Morgan fingerprint density at radius 3 is 2.20 bits per heavy atom. The molecule has 13 nitrogen and oxygen atoms in total. The maximum atomic E-state index is 14.4. The van der Waals surface area contributed by atoms with Crippen molar-refractivity contribution in [1.29, 1.82) is 0 Å². The molecular formula is C46H61N3O10S2. The summed E-state index contributed by atoms with van der Waals surface area (Å²) in [5, 5.41) is 0. The quantitative estimate of drug-likeness (QED) is 0.0848. The minimum absolute atomic E-state index is 0.0180. The average Bonchev–Trinajstić information content (AvgIpc) is 3.26.